The highest BCUT2D eigenvalue weighted by atomic mass is 32.2. The van der Waals surface area contributed by atoms with Gasteiger partial charge in [0.25, 0.3) is 0 Å². The van der Waals surface area contributed by atoms with Crippen molar-refractivity contribution in [2.24, 2.45) is 5.73 Å². The highest BCUT2D eigenvalue weighted by Crippen LogP contribution is 2.20. The van der Waals surface area contributed by atoms with Crippen molar-refractivity contribution in [3.8, 4) is 0 Å². The number of amides is 1. The number of rotatable bonds is 6. The van der Waals surface area contributed by atoms with E-state index in [0.29, 0.717) is 17.1 Å². The van der Waals surface area contributed by atoms with E-state index in [0.717, 1.165) is 25.8 Å². The number of ketones is 1. The predicted molar refractivity (Wildman–Crippen MR) is 91.1 cm³/mol. The van der Waals surface area contributed by atoms with Crippen molar-refractivity contribution >= 4 is 23.5 Å². The van der Waals surface area contributed by atoms with Crippen molar-refractivity contribution in [1.29, 1.82) is 0 Å². The van der Waals surface area contributed by atoms with Crippen LogP contribution in [0.3, 0.4) is 0 Å². The van der Waals surface area contributed by atoms with Gasteiger partial charge in [-0.15, -0.1) is 11.8 Å². The Morgan fingerprint density at radius 3 is 2.68 bits per heavy atom. The van der Waals surface area contributed by atoms with Crippen LogP contribution in [-0.2, 0) is 4.79 Å². The number of carbonyl (C=O) groups is 2. The summed E-state index contributed by atoms with van der Waals surface area (Å²) in [6, 6.07) is 9.35. The lowest BCUT2D eigenvalue weighted by Gasteiger charge is -2.38. The molecule has 1 aromatic carbocycles. The Labute approximate surface area is 136 Å². The monoisotopic (exact) mass is 320 g/mol. The minimum absolute atomic E-state index is 0.000186. The number of Topliss-reactive ketones (excluding diaryl/α,β-unsaturated/α-hetero) is 1. The molecule has 1 fully saturated rings. The van der Waals surface area contributed by atoms with Gasteiger partial charge in [-0.25, -0.2) is 0 Å². The Hall–Kier alpha value is -1.33. The molecule has 4 nitrogen and oxygen atoms in total. The second-order valence-electron chi connectivity index (χ2n) is 5.79. The molecule has 0 aliphatic carbocycles. The first-order valence-electron chi connectivity index (χ1n) is 7.80. The van der Waals surface area contributed by atoms with E-state index in [-0.39, 0.29) is 23.8 Å². The van der Waals surface area contributed by atoms with Gasteiger partial charge < -0.3 is 10.6 Å². The van der Waals surface area contributed by atoms with Gasteiger partial charge in [-0.3, -0.25) is 9.59 Å². The van der Waals surface area contributed by atoms with Gasteiger partial charge in [0, 0.05) is 24.2 Å². The van der Waals surface area contributed by atoms with Gasteiger partial charge in [0.2, 0.25) is 5.91 Å². The first kappa shape index (κ1) is 17.0. The zero-order valence-corrected chi connectivity index (χ0v) is 13.8. The highest BCUT2D eigenvalue weighted by Gasteiger charge is 2.28. The second-order valence-corrected chi connectivity index (χ2v) is 6.78. The number of nitrogens with two attached hydrogens (primary N) is 1. The minimum atomic E-state index is 0.000186. The lowest BCUT2D eigenvalue weighted by atomic mass is 9.97. The van der Waals surface area contributed by atoms with Crippen LogP contribution in [0.1, 0.15) is 36.5 Å². The molecular formula is C17H24N2O2S. The van der Waals surface area contributed by atoms with Crippen molar-refractivity contribution in [1.82, 2.24) is 4.90 Å². The zero-order chi connectivity index (χ0) is 15.9. The molecule has 120 valence electrons. The molecule has 2 rings (SSSR count). The van der Waals surface area contributed by atoms with Gasteiger partial charge in [-0.2, -0.15) is 0 Å². The average Bonchev–Trinajstić information content (AvgIpc) is 2.55. The first-order chi connectivity index (χ1) is 10.6. The van der Waals surface area contributed by atoms with Crippen LogP contribution in [0.2, 0.25) is 0 Å². The first-order valence-corrected chi connectivity index (χ1v) is 8.96. The fourth-order valence-corrected chi connectivity index (χ4v) is 3.63. The van der Waals surface area contributed by atoms with Crippen LogP contribution in [-0.4, -0.2) is 46.7 Å². The molecule has 0 aromatic heterocycles. The van der Waals surface area contributed by atoms with Gasteiger partial charge in [-0.05, 0) is 26.2 Å². The summed E-state index contributed by atoms with van der Waals surface area (Å²) >= 11 is 1.39. The lowest BCUT2D eigenvalue weighted by Crippen LogP contribution is -2.52. The van der Waals surface area contributed by atoms with Crippen LogP contribution in [0, 0.1) is 0 Å². The van der Waals surface area contributed by atoms with E-state index in [2.05, 4.69) is 0 Å². The van der Waals surface area contributed by atoms with Gasteiger partial charge in [0.15, 0.2) is 5.78 Å². The van der Waals surface area contributed by atoms with Crippen molar-refractivity contribution < 1.29 is 9.59 Å². The number of carbonyl (C=O) groups excluding carboxylic acids is 2. The smallest absolute Gasteiger partial charge is 0.232 e. The molecule has 0 spiro atoms. The van der Waals surface area contributed by atoms with E-state index in [4.69, 9.17) is 5.73 Å². The third kappa shape index (κ3) is 4.58. The third-order valence-corrected chi connectivity index (χ3v) is 4.95. The maximum atomic E-state index is 12.4. The van der Waals surface area contributed by atoms with Gasteiger partial charge in [-0.1, -0.05) is 30.3 Å². The molecule has 0 saturated carbocycles. The number of thioether (sulfide) groups is 1. The van der Waals surface area contributed by atoms with Crippen molar-refractivity contribution in [2.45, 2.75) is 38.3 Å². The molecule has 2 unspecified atom stereocenters. The average molecular weight is 320 g/mol. The van der Waals surface area contributed by atoms with Crippen LogP contribution in [0.4, 0.5) is 0 Å². The minimum Gasteiger partial charge on any atom is -0.337 e. The maximum absolute atomic E-state index is 12.4. The molecule has 1 aromatic rings. The molecule has 0 radical (unpaired) electrons. The standard InChI is InChI=1S/C17H24N2O2S/c1-13(18)15-9-5-6-10-19(15)17(21)12-22-11-16(20)14-7-3-2-4-8-14/h2-4,7-8,13,15H,5-6,9-12,18H2,1H3. The second kappa shape index (κ2) is 8.34. The topological polar surface area (TPSA) is 63.4 Å². The summed E-state index contributed by atoms with van der Waals surface area (Å²) in [7, 11) is 0. The Morgan fingerprint density at radius 1 is 1.27 bits per heavy atom. The third-order valence-electron chi connectivity index (χ3n) is 4.03. The quantitative estimate of drug-likeness (QED) is 0.817. The summed E-state index contributed by atoms with van der Waals surface area (Å²) in [6.45, 7) is 2.75. The fraction of sp³-hybridized carbons (Fsp3) is 0.529. The number of hydrogen-bond donors (Lipinski definition) is 1. The summed E-state index contributed by atoms with van der Waals surface area (Å²) in [4.78, 5) is 26.3. The summed E-state index contributed by atoms with van der Waals surface area (Å²) in [6.07, 6.45) is 3.16. The van der Waals surface area contributed by atoms with Gasteiger partial charge in [0.1, 0.15) is 0 Å². The number of hydrogen-bond acceptors (Lipinski definition) is 4. The zero-order valence-electron chi connectivity index (χ0n) is 13.0. The van der Waals surface area contributed by atoms with Gasteiger partial charge in [0.05, 0.1) is 11.5 Å². The van der Waals surface area contributed by atoms with Crippen LogP contribution < -0.4 is 5.73 Å². The molecule has 1 heterocycles. The van der Waals surface area contributed by atoms with Crippen LogP contribution in [0.5, 0.6) is 0 Å². The molecule has 2 N–H and O–H groups in total. The molecule has 1 saturated heterocycles. The maximum Gasteiger partial charge on any atom is 0.232 e. The lowest BCUT2D eigenvalue weighted by molar-refractivity contribution is -0.132. The highest BCUT2D eigenvalue weighted by molar-refractivity contribution is 8.00. The number of likely N-dealkylation sites (tertiary alicyclic amines) is 1. The van der Waals surface area contributed by atoms with Crippen LogP contribution in [0.15, 0.2) is 30.3 Å². The normalized spacial score (nSPS) is 19.7. The predicted octanol–water partition coefficient (Wildman–Crippen LogP) is 2.33. The molecule has 1 aliphatic heterocycles. The Balaban J connectivity index is 1.81. The van der Waals surface area contributed by atoms with E-state index < -0.39 is 0 Å². The Kier molecular flexibility index (Phi) is 6.46. The summed E-state index contributed by atoms with van der Waals surface area (Å²) in [5, 5.41) is 0. The number of piperidine rings is 1. The Morgan fingerprint density at radius 2 is 2.00 bits per heavy atom. The van der Waals surface area contributed by atoms with E-state index >= 15 is 0 Å². The summed E-state index contributed by atoms with van der Waals surface area (Å²) < 4.78 is 0. The van der Waals surface area contributed by atoms with E-state index in [9.17, 15) is 9.59 Å². The Bertz CT molecular complexity index is 505. The largest absolute Gasteiger partial charge is 0.337 e. The molecule has 1 aliphatic rings. The molecule has 0 bridgehead atoms. The van der Waals surface area contributed by atoms with E-state index in [1.54, 1.807) is 0 Å². The number of nitrogens with zero attached hydrogens (tertiary/aromatic N) is 1. The molecule has 2 atom stereocenters. The van der Waals surface area contributed by atoms with Crippen LogP contribution >= 0.6 is 11.8 Å². The van der Waals surface area contributed by atoms with E-state index in [1.807, 2.05) is 42.2 Å². The molecular weight excluding hydrogens is 296 g/mol. The molecule has 5 heteroatoms. The fourth-order valence-electron chi connectivity index (χ4n) is 2.83. The van der Waals surface area contributed by atoms with Crippen molar-refractivity contribution in [3.63, 3.8) is 0 Å². The van der Waals surface area contributed by atoms with Crippen LogP contribution in [0.25, 0.3) is 0 Å². The molecule has 1 amide bonds. The summed E-state index contributed by atoms with van der Waals surface area (Å²) in [5.41, 5.74) is 6.70. The summed E-state index contributed by atoms with van der Waals surface area (Å²) in [5.74, 6) is 0.863. The molecule has 22 heavy (non-hydrogen) atoms. The van der Waals surface area contributed by atoms with E-state index in [1.165, 1.54) is 11.8 Å². The van der Waals surface area contributed by atoms with Gasteiger partial charge >= 0.3 is 0 Å². The SMILES string of the molecule is CC(N)C1CCCCN1C(=O)CSCC(=O)c1ccccc1. The van der Waals surface area contributed by atoms with Crippen molar-refractivity contribution in [3.05, 3.63) is 35.9 Å². The van der Waals surface area contributed by atoms with Crippen molar-refractivity contribution in [2.75, 3.05) is 18.1 Å². The number of benzene rings is 1.